The molecule has 7 heteroatoms. The summed E-state index contributed by atoms with van der Waals surface area (Å²) in [6.45, 7) is 7.62. The number of rotatable bonds is 3. The topological polar surface area (TPSA) is 90.0 Å². The van der Waals surface area contributed by atoms with Gasteiger partial charge in [0, 0.05) is 38.4 Å². The van der Waals surface area contributed by atoms with E-state index in [1.54, 1.807) is 6.92 Å². The molecule has 1 aliphatic carbocycles. The lowest BCUT2D eigenvalue weighted by atomic mass is 9.66. The Morgan fingerprint density at radius 1 is 1.06 bits per heavy atom. The number of hydrogen-bond acceptors (Lipinski definition) is 6. The fourth-order valence-corrected chi connectivity index (χ4v) is 4.92. The Morgan fingerprint density at radius 3 is 2.18 bits per heavy atom. The van der Waals surface area contributed by atoms with E-state index >= 15 is 0 Å². The van der Waals surface area contributed by atoms with Gasteiger partial charge >= 0.3 is 6.16 Å². The molecule has 1 aromatic carbocycles. The number of amides is 1. The van der Waals surface area contributed by atoms with Crippen LogP contribution < -0.4 is 0 Å². The van der Waals surface area contributed by atoms with Crippen LogP contribution in [0.5, 0.6) is 0 Å². The maximum Gasteiger partial charge on any atom is 0.513 e. The van der Waals surface area contributed by atoms with Gasteiger partial charge in [-0.2, -0.15) is 0 Å². The normalized spacial score (nSPS) is 17.4. The van der Waals surface area contributed by atoms with Gasteiger partial charge < -0.3 is 14.4 Å². The van der Waals surface area contributed by atoms with Gasteiger partial charge in [-0.05, 0) is 67.9 Å². The van der Waals surface area contributed by atoms with E-state index in [1.165, 1.54) is 18.9 Å². The van der Waals surface area contributed by atoms with Crippen molar-refractivity contribution in [3.8, 4) is 11.8 Å². The second-order valence-electron chi connectivity index (χ2n) is 8.84. The molecule has 1 fully saturated rings. The van der Waals surface area contributed by atoms with Gasteiger partial charge in [-0.1, -0.05) is 5.92 Å². The molecule has 0 N–H and O–H groups in total. The smallest absolute Gasteiger partial charge is 0.437 e. The number of piperidine rings is 1. The number of hydrogen-bond donors (Lipinski definition) is 0. The monoisotopic (exact) mass is 451 g/mol. The highest BCUT2D eigenvalue weighted by Crippen LogP contribution is 2.48. The molecule has 0 saturated carbocycles. The molecule has 1 aromatic rings. The Labute approximate surface area is 194 Å². The highest BCUT2D eigenvalue weighted by atomic mass is 16.7. The van der Waals surface area contributed by atoms with Crippen LogP contribution in [0.2, 0.25) is 0 Å². The van der Waals surface area contributed by atoms with Crippen LogP contribution in [0.4, 0.5) is 4.79 Å². The number of benzene rings is 1. The molecular weight excluding hydrogens is 422 g/mol. The second-order valence-corrected chi connectivity index (χ2v) is 8.84. The van der Waals surface area contributed by atoms with E-state index in [4.69, 9.17) is 9.47 Å². The fourth-order valence-electron chi connectivity index (χ4n) is 4.92. The summed E-state index contributed by atoms with van der Waals surface area (Å²) >= 11 is 0. The summed E-state index contributed by atoms with van der Waals surface area (Å²) in [5, 5.41) is 0. The first-order valence-corrected chi connectivity index (χ1v) is 11.0. The van der Waals surface area contributed by atoms with E-state index in [1.807, 2.05) is 26.0 Å². The Hall–Kier alpha value is -3.40. The van der Waals surface area contributed by atoms with Crippen molar-refractivity contribution in [1.29, 1.82) is 0 Å². The quantitative estimate of drug-likeness (QED) is 0.395. The number of aryl methyl sites for hydroxylation is 2. The summed E-state index contributed by atoms with van der Waals surface area (Å²) in [5.74, 6) is 5.11. The predicted octanol–water partition coefficient (Wildman–Crippen LogP) is 3.73. The van der Waals surface area contributed by atoms with Crippen LogP contribution >= 0.6 is 0 Å². The van der Waals surface area contributed by atoms with Crippen LogP contribution in [-0.2, 0) is 23.9 Å². The summed E-state index contributed by atoms with van der Waals surface area (Å²) in [5.41, 5.74) is 3.32. The van der Waals surface area contributed by atoms with Crippen molar-refractivity contribution in [1.82, 2.24) is 4.90 Å². The van der Waals surface area contributed by atoms with Gasteiger partial charge in [-0.3, -0.25) is 14.4 Å². The van der Waals surface area contributed by atoms with Gasteiger partial charge in [0.2, 0.25) is 5.78 Å². The maximum absolute atomic E-state index is 13.5. The van der Waals surface area contributed by atoms with Crippen molar-refractivity contribution in [3.05, 3.63) is 40.1 Å². The number of likely N-dealkylation sites (tertiary alicyclic amines) is 1. The van der Waals surface area contributed by atoms with Gasteiger partial charge in [-0.15, -0.1) is 5.92 Å². The molecule has 33 heavy (non-hydrogen) atoms. The molecule has 1 heterocycles. The minimum absolute atomic E-state index is 0.105. The van der Waals surface area contributed by atoms with Gasteiger partial charge in [0.25, 0.3) is 5.91 Å². The summed E-state index contributed by atoms with van der Waals surface area (Å²) < 4.78 is 10.3. The van der Waals surface area contributed by atoms with E-state index < -0.39 is 23.3 Å². The van der Waals surface area contributed by atoms with Crippen molar-refractivity contribution in [2.75, 3.05) is 20.2 Å². The lowest BCUT2D eigenvalue weighted by Gasteiger charge is -2.44. The zero-order chi connectivity index (χ0) is 24.3. The molecule has 3 rings (SSSR count). The molecule has 7 nitrogen and oxygen atoms in total. The number of Topliss-reactive ketones (excluding diaryl/α,β-unsaturated/α-hetero) is 2. The molecule has 1 saturated heterocycles. The highest BCUT2D eigenvalue weighted by Gasteiger charge is 2.45. The average molecular weight is 452 g/mol. The number of carbonyl (C=O) groups is 4. The first-order chi connectivity index (χ1) is 15.6. The summed E-state index contributed by atoms with van der Waals surface area (Å²) in [4.78, 5) is 50.7. The lowest BCUT2D eigenvalue weighted by Crippen LogP contribution is -2.47. The zero-order valence-electron chi connectivity index (χ0n) is 19.8. The van der Waals surface area contributed by atoms with Crippen LogP contribution in [-0.4, -0.2) is 48.7 Å². The lowest BCUT2D eigenvalue weighted by molar-refractivity contribution is -0.145. The number of carbonyl (C=O) groups excluding carboxylic acids is 4. The summed E-state index contributed by atoms with van der Waals surface area (Å²) in [6.07, 6.45) is 0.874. The van der Waals surface area contributed by atoms with Crippen LogP contribution in [0.1, 0.15) is 61.8 Å². The summed E-state index contributed by atoms with van der Waals surface area (Å²) in [6, 6.07) is 3.84. The Balaban J connectivity index is 2.02. The standard InChI is InChI=1S/C26H29NO6/c1-6-7-19-12-16(2)22(17(3)13-19)23-20(29)14-26(15-21(23)33-25(31)32-5)8-10-27(11-9-26)24(30)18(4)28/h12-13H,8-11,14-15H2,1-5H3. The molecule has 0 radical (unpaired) electrons. The minimum atomic E-state index is -0.875. The SMILES string of the molecule is CC#Cc1cc(C)c(C2=C(OC(=O)OC)CC3(CCN(C(=O)C(C)=O)CC3)CC2=O)c(C)c1. The number of allylic oxidation sites excluding steroid dienone is 2. The van der Waals surface area contributed by atoms with Crippen molar-refractivity contribution >= 4 is 29.2 Å². The third-order valence-electron chi connectivity index (χ3n) is 6.47. The van der Waals surface area contributed by atoms with E-state index in [0.29, 0.717) is 43.7 Å². The Bertz CT molecular complexity index is 1090. The van der Waals surface area contributed by atoms with Gasteiger partial charge in [0.15, 0.2) is 5.78 Å². The average Bonchev–Trinajstić information content (AvgIpc) is 2.75. The number of ether oxygens (including phenoxy) is 2. The van der Waals surface area contributed by atoms with E-state index in [9.17, 15) is 19.2 Å². The second kappa shape index (κ2) is 9.62. The fraction of sp³-hybridized carbons (Fsp3) is 0.462. The molecular formula is C26H29NO6. The maximum atomic E-state index is 13.5. The van der Waals surface area contributed by atoms with Gasteiger partial charge in [-0.25, -0.2) is 4.79 Å². The molecule has 1 aliphatic heterocycles. The predicted molar refractivity (Wildman–Crippen MR) is 122 cm³/mol. The van der Waals surface area contributed by atoms with E-state index in [2.05, 4.69) is 11.8 Å². The Morgan fingerprint density at radius 2 is 1.67 bits per heavy atom. The number of nitrogens with zero attached hydrogens (tertiary/aromatic N) is 1. The van der Waals surface area contributed by atoms with Crippen LogP contribution in [0.3, 0.4) is 0 Å². The number of methoxy groups -OCH3 is 1. The third kappa shape index (κ3) is 5.00. The zero-order valence-corrected chi connectivity index (χ0v) is 19.8. The van der Waals surface area contributed by atoms with Crippen molar-refractivity contribution in [2.45, 2.75) is 53.4 Å². The molecule has 0 atom stereocenters. The van der Waals surface area contributed by atoms with E-state index in [-0.39, 0.29) is 12.2 Å². The van der Waals surface area contributed by atoms with E-state index in [0.717, 1.165) is 22.3 Å². The van der Waals surface area contributed by atoms with Gasteiger partial charge in [0.1, 0.15) is 5.76 Å². The highest BCUT2D eigenvalue weighted by molar-refractivity contribution is 6.35. The summed E-state index contributed by atoms with van der Waals surface area (Å²) in [7, 11) is 1.23. The molecule has 1 amide bonds. The molecule has 174 valence electrons. The molecule has 0 unspecified atom stereocenters. The molecule has 0 bridgehead atoms. The third-order valence-corrected chi connectivity index (χ3v) is 6.47. The first-order valence-electron chi connectivity index (χ1n) is 11.0. The van der Waals surface area contributed by atoms with Crippen LogP contribution in [0, 0.1) is 31.1 Å². The van der Waals surface area contributed by atoms with Crippen LogP contribution in [0.15, 0.2) is 17.9 Å². The molecule has 1 spiro atoms. The van der Waals surface area contributed by atoms with Crippen molar-refractivity contribution in [2.24, 2.45) is 5.41 Å². The van der Waals surface area contributed by atoms with Crippen LogP contribution in [0.25, 0.3) is 5.57 Å². The Kier molecular flexibility index (Phi) is 7.06. The molecule has 2 aliphatic rings. The number of ketones is 2. The largest absolute Gasteiger partial charge is 0.513 e. The molecule has 0 aromatic heterocycles. The van der Waals surface area contributed by atoms with Gasteiger partial charge in [0.05, 0.1) is 12.7 Å². The minimum Gasteiger partial charge on any atom is -0.437 e. The van der Waals surface area contributed by atoms with Crippen molar-refractivity contribution < 1.29 is 28.7 Å². The first kappa shape index (κ1) is 24.2. The van der Waals surface area contributed by atoms with Crippen molar-refractivity contribution in [3.63, 3.8) is 0 Å².